The normalized spacial score (nSPS) is 11.1. The molecule has 0 aliphatic rings. The summed E-state index contributed by atoms with van der Waals surface area (Å²) in [7, 11) is 0. The Morgan fingerprint density at radius 2 is 1.96 bits per heavy atom. The average molecular weight is 383 g/mol. The van der Waals surface area contributed by atoms with Crippen LogP contribution in [-0.2, 0) is 4.79 Å². The lowest BCUT2D eigenvalue weighted by atomic mass is 10.1. The minimum atomic E-state index is -0.913. The Morgan fingerprint density at radius 1 is 1.28 bits per heavy atom. The fourth-order valence-electron chi connectivity index (χ4n) is 2.18. The van der Waals surface area contributed by atoms with E-state index >= 15 is 0 Å². The van der Waals surface area contributed by atoms with Crippen LogP contribution in [0.2, 0.25) is 0 Å². The first-order chi connectivity index (χ1) is 11.9. The predicted octanol–water partition coefficient (Wildman–Crippen LogP) is 5.48. The van der Waals surface area contributed by atoms with Gasteiger partial charge in [-0.15, -0.1) is 23.5 Å². The fourth-order valence-corrected chi connectivity index (χ4v) is 3.95. The van der Waals surface area contributed by atoms with Gasteiger partial charge in [0.2, 0.25) is 0 Å². The van der Waals surface area contributed by atoms with Crippen LogP contribution in [-0.4, -0.2) is 27.1 Å². The zero-order chi connectivity index (χ0) is 18.4. The van der Waals surface area contributed by atoms with Gasteiger partial charge in [0.1, 0.15) is 16.7 Å². The SMILES string of the molecule is CC(C)Sc1ncccc1-c1cc(F)c(SCCCC(=O)O)c(F)c1. The van der Waals surface area contributed by atoms with E-state index in [4.69, 9.17) is 5.11 Å². The summed E-state index contributed by atoms with van der Waals surface area (Å²) >= 11 is 2.54. The number of hydrogen-bond donors (Lipinski definition) is 1. The van der Waals surface area contributed by atoms with Gasteiger partial charge in [-0.25, -0.2) is 13.8 Å². The van der Waals surface area contributed by atoms with Crippen LogP contribution < -0.4 is 0 Å². The van der Waals surface area contributed by atoms with Gasteiger partial charge in [-0.05, 0) is 35.9 Å². The molecule has 0 spiro atoms. The Bertz CT molecular complexity index is 731. The first-order valence-electron chi connectivity index (χ1n) is 7.84. The molecule has 0 aliphatic heterocycles. The predicted molar refractivity (Wildman–Crippen MR) is 98.2 cm³/mol. The molecule has 3 nitrogen and oxygen atoms in total. The van der Waals surface area contributed by atoms with Gasteiger partial charge in [-0.3, -0.25) is 4.79 Å². The standard InChI is InChI=1S/C18H19F2NO2S2/c1-11(2)25-18-13(5-3-7-21-18)12-9-14(19)17(15(20)10-12)24-8-4-6-16(22)23/h3,5,7,9-11H,4,6,8H2,1-2H3,(H,22,23). The van der Waals surface area contributed by atoms with Gasteiger partial charge in [0.25, 0.3) is 0 Å². The van der Waals surface area contributed by atoms with Gasteiger partial charge in [0.05, 0.1) is 4.90 Å². The maximum Gasteiger partial charge on any atom is 0.303 e. The summed E-state index contributed by atoms with van der Waals surface area (Å²) in [4.78, 5) is 14.7. The van der Waals surface area contributed by atoms with E-state index < -0.39 is 17.6 Å². The Kier molecular flexibility index (Phi) is 7.25. The summed E-state index contributed by atoms with van der Waals surface area (Å²) in [5.74, 6) is -1.84. The number of pyridine rings is 1. The lowest BCUT2D eigenvalue weighted by Crippen LogP contribution is -1.97. The molecule has 0 fully saturated rings. The first kappa shape index (κ1) is 19.7. The number of aromatic nitrogens is 1. The van der Waals surface area contributed by atoms with Crippen LogP contribution in [0.5, 0.6) is 0 Å². The average Bonchev–Trinajstić information content (AvgIpc) is 2.53. The number of thioether (sulfide) groups is 2. The van der Waals surface area contributed by atoms with E-state index in [0.29, 0.717) is 28.6 Å². The summed E-state index contributed by atoms with van der Waals surface area (Å²) in [5.41, 5.74) is 1.14. The van der Waals surface area contributed by atoms with E-state index in [1.54, 1.807) is 18.3 Å². The summed E-state index contributed by atoms with van der Waals surface area (Å²) in [6.07, 6.45) is 2.01. The van der Waals surface area contributed by atoms with E-state index in [0.717, 1.165) is 16.8 Å². The van der Waals surface area contributed by atoms with Gasteiger partial charge in [0, 0.05) is 23.4 Å². The van der Waals surface area contributed by atoms with Gasteiger partial charge in [-0.2, -0.15) is 0 Å². The van der Waals surface area contributed by atoms with Crippen LogP contribution in [0.4, 0.5) is 8.78 Å². The van der Waals surface area contributed by atoms with Crippen molar-refractivity contribution < 1.29 is 18.7 Å². The van der Waals surface area contributed by atoms with E-state index in [2.05, 4.69) is 4.98 Å². The largest absolute Gasteiger partial charge is 0.481 e. The van der Waals surface area contributed by atoms with Crippen molar-refractivity contribution in [2.45, 2.75) is 41.9 Å². The van der Waals surface area contributed by atoms with Crippen molar-refractivity contribution in [2.75, 3.05) is 5.75 Å². The Hall–Kier alpha value is -1.60. The monoisotopic (exact) mass is 383 g/mol. The molecule has 1 heterocycles. The highest BCUT2D eigenvalue weighted by Crippen LogP contribution is 2.35. The quantitative estimate of drug-likeness (QED) is 0.483. The van der Waals surface area contributed by atoms with Crippen molar-refractivity contribution in [1.29, 1.82) is 0 Å². The maximum atomic E-state index is 14.4. The second-order valence-electron chi connectivity index (χ2n) is 5.64. The molecule has 0 unspecified atom stereocenters. The molecule has 0 bridgehead atoms. The van der Waals surface area contributed by atoms with E-state index in [9.17, 15) is 13.6 Å². The third kappa shape index (κ3) is 5.71. The number of carboxylic acids is 1. The third-order valence-electron chi connectivity index (χ3n) is 3.21. The number of rotatable bonds is 8. The number of aliphatic carboxylic acids is 1. The summed E-state index contributed by atoms with van der Waals surface area (Å²) in [6.45, 7) is 4.06. The van der Waals surface area contributed by atoms with Crippen LogP contribution in [0, 0.1) is 11.6 Å². The highest BCUT2D eigenvalue weighted by molar-refractivity contribution is 8.00. The summed E-state index contributed by atoms with van der Waals surface area (Å²) in [6, 6.07) is 6.16. The maximum absolute atomic E-state index is 14.4. The van der Waals surface area contributed by atoms with Crippen molar-refractivity contribution in [3.05, 3.63) is 42.1 Å². The van der Waals surface area contributed by atoms with Crippen LogP contribution in [0.25, 0.3) is 11.1 Å². The minimum Gasteiger partial charge on any atom is -0.481 e. The van der Waals surface area contributed by atoms with Crippen molar-refractivity contribution >= 4 is 29.5 Å². The van der Waals surface area contributed by atoms with Crippen LogP contribution in [0.3, 0.4) is 0 Å². The molecule has 0 aliphatic carbocycles. The van der Waals surface area contributed by atoms with Crippen molar-refractivity contribution in [3.63, 3.8) is 0 Å². The van der Waals surface area contributed by atoms with E-state index in [-0.39, 0.29) is 11.3 Å². The molecular weight excluding hydrogens is 364 g/mol. The minimum absolute atomic E-state index is 0.0141. The topological polar surface area (TPSA) is 50.2 Å². The molecule has 2 rings (SSSR count). The lowest BCUT2D eigenvalue weighted by molar-refractivity contribution is -0.137. The van der Waals surface area contributed by atoms with Crippen LogP contribution >= 0.6 is 23.5 Å². The van der Waals surface area contributed by atoms with Crippen molar-refractivity contribution in [2.24, 2.45) is 0 Å². The van der Waals surface area contributed by atoms with E-state index in [1.807, 2.05) is 13.8 Å². The molecule has 1 aromatic heterocycles. The molecule has 0 amide bonds. The van der Waals surface area contributed by atoms with Gasteiger partial charge >= 0.3 is 5.97 Å². The number of nitrogens with zero attached hydrogens (tertiary/aromatic N) is 1. The highest BCUT2D eigenvalue weighted by Gasteiger charge is 2.16. The van der Waals surface area contributed by atoms with Crippen LogP contribution in [0.15, 0.2) is 40.4 Å². The second kappa shape index (κ2) is 9.20. The Morgan fingerprint density at radius 3 is 2.56 bits per heavy atom. The first-order valence-corrected chi connectivity index (χ1v) is 9.70. The molecule has 2 aromatic rings. The number of carbonyl (C=O) groups is 1. The van der Waals surface area contributed by atoms with Crippen molar-refractivity contribution in [3.8, 4) is 11.1 Å². The van der Waals surface area contributed by atoms with Gasteiger partial charge < -0.3 is 5.11 Å². The van der Waals surface area contributed by atoms with Crippen LogP contribution in [0.1, 0.15) is 26.7 Å². The van der Waals surface area contributed by atoms with E-state index in [1.165, 1.54) is 23.9 Å². The third-order valence-corrected chi connectivity index (χ3v) is 5.40. The molecule has 0 saturated carbocycles. The fraction of sp³-hybridized carbons (Fsp3) is 0.333. The van der Waals surface area contributed by atoms with Gasteiger partial charge in [-0.1, -0.05) is 19.9 Å². The zero-order valence-corrected chi connectivity index (χ0v) is 15.6. The highest BCUT2D eigenvalue weighted by atomic mass is 32.2. The van der Waals surface area contributed by atoms with Crippen molar-refractivity contribution in [1.82, 2.24) is 4.98 Å². The number of hydrogen-bond acceptors (Lipinski definition) is 4. The number of halogens is 2. The molecule has 0 radical (unpaired) electrons. The lowest BCUT2D eigenvalue weighted by Gasteiger charge is -2.12. The molecule has 0 saturated heterocycles. The molecule has 134 valence electrons. The number of benzene rings is 1. The van der Waals surface area contributed by atoms with Gasteiger partial charge in [0.15, 0.2) is 0 Å². The summed E-state index contributed by atoms with van der Waals surface area (Å²) < 4.78 is 28.7. The Balaban J connectivity index is 2.23. The molecule has 0 atom stereocenters. The molecule has 1 N–H and O–H groups in total. The Labute approximate surface area is 154 Å². The second-order valence-corrected chi connectivity index (χ2v) is 8.31. The zero-order valence-electron chi connectivity index (χ0n) is 14.0. The summed E-state index contributed by atoms with van der Waals surface area (Å²) in [5, 5.41) is 9.64. The molecule has 7 heteroatoms. The molecular formula is C18H19F2NO2S2. The smallest absolute Gasteiger partial charge is 0.303 e. The number of carboxylic acid groups (broad SMARTS) is 1. The molecule has 1 aromatic carbocycles. The molecule has 25 heavy (non-hydrogen) atoms.